The van der Waals surface area contributed by atoms with E-state index in [2.05, 4.69) is 26.1 Å². The molecule has 0 saturated carbocycles. The third-order valence-corrected chi connectivity index (χ3v) is 3.42. The molecule has 0 spiro atoms. The minimum absolute atomic E-state index is 0.0485. The molecule has 2 aliphatic rings. The molecule has 2 saturated heterocycles. The lowest BCUT2D eigenvalue weighted by Gasteiger charge is -2.41. The van der Waals surface area contributed by atoms with Crippen LogP contribution in [0, 0.1) is 5.41 Å². The Hall–Kier alpha value is -0.120. The summed E-state index contributed by atoms with van der Waals surface area (Å²) in [5.74, 6) is 0. The van der Waals surface area contributed by atoms with Gasteiger partial charge in [0.25, 0.3) is 0 Å². The Morgan fingerprint density at radius 1 is 1.27 bits per heavy atom. The number of hydrogen-bond acceptors (Lipinski definition) is 3. The quantitative estimate of drug-likeness (QED) is 0.772. The molecule has 0 aliphatic carbocycles. The van der Waals surface area contributed by atoms with Crippen LogP contribution in [0.5, 0.6) is 0 Å². The van der Waals surface area contributed by atoms with Crippen LogP contribution >= 0.6 is 0 Å². The van der Waals surface area contributed by atoms with Gasteiger partial charge in [0.1, 0.15) is 0 Å². The van der Waals surface area contributed by atoms with Crippen molar-refractivity contribution >= 4 is 0 Å². The lowest BCUT2D eigenvalue weighted by atomic mass is 9.87. The molecule has 0 amide bonds. The summed E-state index contributed by atoms with van der Waals surface area (Å²) in [6.45, 7) is 10.4. The molecule has 15 heavy (non-hydrogen) atoms. The van der Waals surface area contributed by atoms with E-state index in [-0.39, 0.29) is 5.60 Å². The van der Waals surface area contributed by atoms with E-state index in [0.29, 0.717) is 11.5 Å². The summed E-state index contributed by atoms with van der Waals surface area (Å²) in [6.07, 6.45) is 2.25. The SMILES string of the molecule is CC1(CNC2CCOC(C)(C)C2)COC1. The summed E-state index contributed by atoms with van der Waals surface area (Å²) in [4.78, 5) is 0. The van der Waals surface area contributed by atoms with Crippen LogP contribution in [0.2, 0.25) is 0 Å². The van der Waals surface area contributed by atoms with Gasteiger partial charge in [0, 0.05) is 24.6 Å². The van der Waals surface area contributed by atoms with Crippen molar-refractivity contribution in [3.8, 4) is 0 Å². The summed E-state index contributed by atoms with van der Waals surface area (Å²) >= 11 is 0. The average Bonchev–Trinajstić information content (AvgIpc) is 2.10. The predicted octanol–water partition coefficient (Wildman–Crippen LogP) is 1.57. The van der Waals surface area contributed by atoms with E-state index in [4.69, 9.17) is 9.47 Å². The Morgan fingerprint density at radius 3 is 2.53 bits per heavy atom. The highest BCUT2D eigenvalue weighted by molar-refractivity contribution is 4.88. The molecule has 2 fully saturated rings. The standard InChI is InChI=1S/C12H23NO2/c1-11(2)6-10(4-5-15-11)13-7-12(3)8-14-9-12/h10,13H,4-9H2,1-3H3. The van der Waals surface area contributed by atoms with E-state index in [0.717, 1.165) is 39.2 Å². The highest BCUT2D eigenvalue weighted by Crippen LogP contribution is 2.28. The Bertz CT molecular complexity index is 224. The smallest absolute Gasteiger partial charge is 0.0641 e. The lowest BCUT2D eigenvalue weighted by molar-refractivity contribution is -0.105. The van der Waals surface area contributed by atoms with Gasteiger partial charge in [0.05, 0.1) is 18.8 Å². The fourth-order valence-electron chi connectivity index (χ4n) is 2.35. The molecule has 0 aromatic rings. The first kappa shape index (κ1) is 11.4. The molecule has 2 heterocycles. The lowest BCUT2D eigenvalue weighted by Crippen LogP contribution is -2.52. The van der Waals surface area contributed by atoms with Gasteiger partial charge in [-0.25, -0.2) is 0 Å². The topological polar surface area (TPSA) is 30.5 Å². The number of nitrogens with one attached hydrogen (secondary N) is 1. The molecule has 0 radical (unpaired) electrons. The first-order valence-electron chi connectivity index (χ1n) is 5.94. The molecule has 1 atom stereocenters. The van der Waals surface area contributed by atoms with E-state index >= 15 is 0 Å². The molecule has 3 nitrogen and oxygen atoms in total. The van der Waals surface area contributed by atoms with Gasteiger partial charge in [0.2, 0.25) is 0 Å². The van der Waals surface area contributed by atoms with Crippen molar-refractivity contribution in [2.75, 3.05) is 26.4 Å². The molecular weight excluding hydrogens is 190 g/mol. The maximum absolute atomic E-state index is 5.70. The molecule has 3 heteroatoms. The van der Waals surface area contributed by atoms with Gasteiger partial charge in [-0.05, 0) is 26.7 Å². The van der Waals surface area contributed by atoms with Crippen molar-refractivity contribution in [3.63, 3.8) is 0 Å². The van der Waals surface area contributed by atoms with Crippen LogP contribution < -0.4 is 5.32 Å². The van der Waals surface area contributed by atoms with E-state index in [1.54, 1.807) is 0 Å². The summed E-state index contributed by atoms with van der Waals surface area (Å²) in [5, 5.41) is 3.66. The van der Waals surface area contributed by atoms with Crippen LogP contribution in [0.3, 0.4) is 0 Å². The summed E-state index contributed by atoms with van der Waals surface area (Å²) in [6, 6.07) is 0.617. The molecule has 0 bridgehead atoms. The maximum atomic E-state index is 5.70. The monoisotopic (exact) mass is 213 g/mol. The molecule has 88 valence electrons. The molecule has 2 rings (SSSR count). The van der Waals surface area contributed by atoms with Gasteiger partial charge in [-0.3, -0.25) is 0 Å². The van der Waals surface area contributed by atoms with Crippen molar-refractivity contribution in [1.82, 2.24) is 5.32 Å². The number of rotatable bonds is 3. The largest absolute Gasteiger partial charge is 0.380 e. The van der Waals surface area contributed by atoms with Crippen LogP contribution in [0.4, 0.5) is 0 Å². The molecule has 2 aliphatic heterocycles. The van der Waals surface area contributed by atoms with Crippen LogP contribution in [-0.4, -0.2) is 38.0 Å². The van der Waals surface area contributed by atoms with Crippen molar-refractivity contribution in [2.45, 2.75) is 45.3 Å². The Labute approximate surface area is 92.5 Å². The van der Waals surface area contributed by atoms with Gasteiger partial charge >= 0.3 is 0 Å². The van der Waals surface area contributed by atoms with Crippen LogP contribution in [0.25, 0.3) is 0 Å². The summed E-state index contributed by atoms with van der Waals surface area (Å²) in [5.41, 5.74) is 0.426. The highest BCUT2D eigenvalue weighted by atomic mass is 16.5. The highest BCUT2D eigenvalue weighted by Gasteiger charge is 2.35. The van der Waals surface area contributed by atoms with Gasteiger partial charge in [-0.1, -0.05) is 6.92 Å². The number of ether oxygens (including phenoxy) is 2. The van der Waals surface area contributed by atoms with Crippen molar-refractivity contribution in [1.29, 1.82) is 0 Å². The second-order valence-corrected chi connectivity index (χ2v) is 5.98. The van der Waals surface area contributed by atoms with Crippen molar-refractivity contribution < 1.29 is 9.47 Å². The summed E-state index contributed by atoms with van der Waals surface area (Å²) in [7, 11) is 0. The maximum Gasteiger partial charge on any atom is 0.0641 e. The number of hydrogen-bond donors (Lipinski definition) is 1. The minimum atomic E-state index is 0.0485. The Morgan fingerprint density at radius 2 is 2.00 bits per heavy atom. The van der Waals surface area contributed by atoms with E-state index < -0.39 is 0 Å². The molecule has 1 N–H and O–H groups in total. The van der Waals surface area contributed by atoms with Crippen molar-refractivity contribution in [2.24, 2.45) is 5.41 Å². The van der Waals surface area contributed by atoms with Gasteiger partial charge in [-0.2, -0.15) is 0 Å². The minimum Gasteiger partial charge on any atom is -0.380 e. The molecule has 0 aromatic carbocycles. The van der Waals surface area contributed by atoms with Crippen LogP contribution in [-0.2, 0) is 9.47 Å². The van der Waals surface area contributed by atoms with Crippen LogP contribution in [0.15, 0.2) is 0 Å². The average molecular weight is 213 g/mol. The molecular formula is C12H23NO2. The van der Waals surface area contributed by atoms with Gasteiger partial charge < -0.3 is 14.8 Å². The fourth-order valence-corrected chi connectivity index (χ4v) is 2.35. The Balaban J connectivity index is 1.74. The molecule has 1 unspecified atom stereocenters. The van der Waals surface area contributed by atoms with E-state index in [9.17, 15) is 0 Å². The van der Waals surface area contributed by atoms with E-state index in [1.807, 2.05) is 0 Å². The first-order chi connectivity index (χ1) is 6.99. The van der Waals surface area contributed by atoms with Crippen LogP contribution in [0.1, 0.15) is 33.6 Å². The first-order valence-corrected chi connectivity index (χ1v) is 5.94. The normalized spacial score (nSPS) is 33.4. The zero-order valence-corrected chi connectivity index (χ0v) is 10.1. The fraction of sp³-hybridized carbons (Fsp3) is 1.00. The third kappa shape index (κ3) is 2.92. The Kier molecular flexibility index (Phi) is 3.06. The van der Waals surface area contributed by atoms with Gasteiger partial charge in [-0.15, -0.1) is 0 Å². The zero-order chi connectivity index (χ0) is 10.9. The van der Waals surface area contributed by atoms with Crippen molar-refractivity contribution in [3.05, 3.63) is 0 Å². The van der Waals surface area contributed by atoms with Gasteiger partial charge in [0.15, 0.2) is 0 Å². The predicted molar refractivity (Wildman–Crippen MR) is 60.0 cm³/mol. The summed E-state index contributed by atoms with van der Waals surface area (Å²) < 4.78 is 11.0. The van der Waals surface area contributed by atoms with E-state index in [1.165, 1.54) is 0 Å². The second kappa shape index (κ2) is 4.04. The third-order valence-electron chi connectivity index (χ3n) is 3.42. The second-order valence-electron chi connectivity index (χ2n) is 5.98. The zero-order valence-electron chi connectivity index (χ0n) is 10.1. The molecule has 0 aromatic heterocycles.